The van der Waals surface area contributed by atoms with Gasteiger partial charge in [-0.15, -0.1) is 0 Å². The minimum atomic E-state index is 0.570. The predicted octanol–water partition coefficient (Wildman–Crippen LogP) is 3.46. The molecular weight excluding hydrogens is 342 g/mol. The number of hydrogen-bond acceptors (Lipinski definition) is 4. The lowest BCUT2D eigenvalue weighted by Gasteiger charge is -2.30. The van der Waals surface area contributed by atoms with Gasteiger partial charge < -0.3 is 9.64 Å². The number of anilines is 1. The van der Waals surface area contributed by atoms with Gasteiger partial charge in [0.15, 0.2) is 0 Å². The van der Waals surface area contributed by atoms with Crippen molar-refractivity contribution in [2.75, 3.05) is 18.6 Å². The van der Waals surface area contributed by atoms with Gasteiger partial charge in [0.1, 0.15) is 0 Å². The highest BCUT2D eigenvalue weighted by Gasteiger charge is 2.22. The Hall–Kier alpha value is -1.33. The average Bonchev–Trinajstić information content (AvgIpc) is 2.51. The van der Waals surface area contributed by atoms with Crippen molar-refractivity contribution in [2.24, 2.45) is 0 Å². The number of nitrogens with zero attached hydrogens (tertiary/aromatic N) is 3. The number of hydrogen-bond donors (Lipinski definition) is 0. The van der Waals surface area contributed by atoms with Gasteiger partial charge in [0, 0.05) is 34.8 Å². The van der Waals surface area contributed by atoms with E-state index in [0.717, 1.165) is 28.0 Å². The largest absolute Gasteiger partial charge is 0.481 e. The van der Waals surface area contributed by atoms with E-state index in [1.807, 2.05) is 12.1 Å². The van der Waals surface area contributed by atoms with Crippen LogP contribution in [0.1, 0.15) is 11.1 Å². The predicted molar refractivity (Wildman–Crippen MR) is 82.5 cm³/mol. The second-order valence-corrected chi connectivity index (χ2v) is 5.82. The molecule has 0 saturated carbocycles. The molecule has 0 amide bonds. The normalized spacial score (nSPS) is 14.1. The zero-order valence-electron chi connectivity index (χ0n) is 10.9. The number of halogens is 2. The van der Waals surface area contributed by atoms with E-state index in [4.69, 9.17) is 16.3 Å². The second-order valence-electron chi connectivity index (χ2n) is 4.56. The van der Waals surface area contributed by atoms with Crippen molar-refractivity contribution < 1.29 is 4.74 Å². The lowest BCUT2D eigenvalue weighted by molar-refractivity contribution is 0.396. The molecule has 104 valence electrons. The first kappa shape index (κ1) is 13.6. The maximum absolute atomic E-state index is 6.31. The molecule has 20 heavy (non-hydrogen) atoms. The maximum Gasteiger partial charge on any atom is 0.228 e. The third-order valence-electron chi connectivity index (χ3n) is 3.41. The Balaban J connectivity index is 1.93. The molecule has 4 nitrogen and oxygen atoms in total. The van der Waals surface area contributed by atoms with Crippen molar-refractivity contribution in [1.82, 2.24) is 9.97 Å². The van der Waals surface area contributed by atoms with E-state index in [2.05, 4.69) is 30.8 Å². The summed E-state index contributed by atoms with van der Waals surface area (Å²) in [7, 11) is 1.60. The summed E-state index contributed by atoms with van der Waals surface area (Å²) < 4.78 is 6.26. The molecule has 0 spiro atoms. The molecule has 0 radical (unpaired) electrons. The zero-order valence-corrected chi connectivity index (χ0v) is 13.3. The van der Waals surface area contributed by atoms with Gasteiger partial charge in [-0.1, -0.05) is 27.5 Å². The smallest absolute Gasteiger partial charge is 0.228 e. The molecule has 2 aromatic rings. The van der Waals surface area contributed by atoms with Gasteiger partial charge in [-0.3, -0.25) is 0 Å². The van der Waals surface area contributed by atoms with Crippen LogP contribution in [0.2, 0.25) is 5.02 Å². The molecule has 0 saturated heterocycles. The Kier molecular flexibility index (Phi) is 3.81. The molecule has 0 unspecified atom stereocenters. The van der Waals surface area contributed by atoms with Gasteiger partial charge in [-0.25, -0.2) is 4.98 Å². The minimum absolute atomic E-state index is 0.570. The molecule has 0 bridgehead atoms. The van der Waals surface area contributed by atoms with E-state index >= 15 is 0 Å². The molecule has 2 heterocycles. The van der Waals surface area contributed by atoms with Gasteiger partial charge >= 0.3 is 0 Å². The van der Waals surface area contributed by atoms with Crippen molar-refractivity contribution in [2.45, 2.75) is 13.0 Å². The van der Waals surface area contributed by atoms with Gasteiger partial charge in [0.05, 0.1) is 7.11 Å². The third kappa shape index (κ3) is 2.47. The Morgan fingerprint density at radius 3 is 2.95 bits per heavy atom. The van der Waals surface area contributed by atoms with E-state index in [-0.39, 0.29) is 0 Å². The molecule has 1 aromatic carbocycles. The van der Waals surface area contributed by atoms with Crippen LogP contribution in [-0.4, -0.2) is 23.6 Å². The summed E-state index contributed by atoms with van der Waals surface area (Å²) in [5.74, 6) is 1.24. The van der Waals surface area contributed by atoms with Crippen molar-refractivity contribution >= 4 is 33.5 Å². The summed E-state index contributed by atoms with van der Waals surface area (Å²) in [5.41, 5.74) is 2.41. The molecule has 3 rings (SSSR count). The van der Waals surface area contributed by atoms with E-state index in [9.17, 15) is 0 Å². The molecule has 1 aromatic heterocycles. The number of benzene rings is 1. The minimum Gasteiger partial charge on any atom is -0.481 e. The lowest BCUT2D eigenvalue weighted by atomic mass is 10.00. The SMILES string of the molecule is COc1ccnc(N2CCc3c(Br)ccc(Cl)c3C2)n1. The first-order chi connectivity index (χ1) is 9.69. The fourth-order valence-electron chi connectivity index (χ4n) is 2.36. The molecule has 1 aliphatic heterocycles. The van der Waals surface area contributed by atoms with E-state index < -0.39 is 0 Å². The Morgan fingerprint density at radius 1 is 1.30 bits per heavy atom. The molecule has 0 atom stereocenters. The fraction of sp³-hybridized carbons (Fsp3) is 0.286. The van der Waals surface area contributed by atoms with Gasteiger partial charge in [0.2, 0.25) is 11.8 Å². The summed E-state index contributed by atoms with van der Waals surface area (Å²) in [6.07, 6.45) is 2.62. The summed E-state index contributed by atoms with van der Waals surface area (Å²) in [5, 5.41) is 0.788. The number of rotatable bonds is 2. The average molecular weight is 355 g/mol. The number of ether oxygens (including phenoxy) is 1. The van der Waals surface area contributed by atoms with Crippen LogP contribution in [-0.2, 0) is 13.0 Å². The van der Waals surface area contributed by atoms with Crippen molar-refractivity contribution in [3.63, 3.8) is 0 Å². The highest BCUT2D eigenvalue weighted by atomic mass is 79.9. The topological polar surface area (TPSA) is 38.2 Å². The molecule has 0 aliphatic carbocycles. The van der Waals surface area contributed by atoms with Crippen molar-refractivity contribution in [1.29, 1.82) is 0 Å². The number of aromatic nitrogens is 2. The van der Waals surface area contributed by atoms with Crippen LogP contribution in [0, 0.1) is 0 Å². The third-order valence-corrected chi connectivity index (χ3v) is 4.50. The lowest BCUT2D eigenvalue weighted by Crippen LogP contribution is -2.32. The molecule has 1 aliphatic rings. The Labute approximate surface area is 130 Å². The van der Waals surface area contributed by atoms with Crippen LogP contribution in [0.5, 0.6) is 5.88 Å². The summed E-state index contributed by atoms with van der Waals surface area (Å²) >= 11 is 9.90. The van der Waals surface area contributed by atoms with Crippen LogP contribution in [0.25, 0.3) is 0 Å². The quantitative estimate of drug-likeness (QED) is 0.828. The Morgan fingerprint density at radius 2 is 2.15 bits per heavy atom. The van der Waals surface area contributed by atoms with Crippen LogP contribution in [0.4, 0.5) is 5.95 Å². The monoisotopic (exact) mass is 353 g/mol. The molecular formula is C14H13BrClN3O. The van der Waals surface area contributed by atoms with E-state index in [1.54, 1.807) is 19.4 Å². The van der Waals surface area contributed by atoms with Gasteiger partial charge in [-0.2, -0.15) is 4.98 Å². The number of fused-ring (bicyclic) bond motifs is 1. The molecule has 6 heteroatoms. The first-order valence-electron chi connectivity index (χ1n) is 6.27. The first-order valence-corrected chi connectivity index (χ1v) is 7.44. The van der Waals surface area contributed by atoms with Crippen LogP contribution in [0.15, 0.2) is 28.9 Å². The van der Waals surface area contributed by atoms with E-state index in [0.29, 0.717) is 18.4 Å². The van der Waals surface area contributed by atoms with Crippen LogP contribution >= 0.6 is 27.5 Å². The maximum atomic E-state index is 6.31. The summed E-state index contributed by atoms with van der Waals surface area (Å²) in [4.78, 5) is 10.8. The molecule has 0 fully saturated rings. The summed E-state index contributed by atoms with van der Waals surface area (Å²) in [6, 6.07) is 5.66. The standard InChI is InChI=1S/C14H13BrClN3O/c1-20-13-4-6-17-14(18-13)19-7-5-9-10(8-19)12(16)3-2-11(9)15/h2-4,6H,5,7-8H2,1H3. The Bertz CT molecular complexity index is 650. The second kappa shape index (κ2) is 5.58. The van der Waals surface area contributed by atoms with Crippen LogP contribution in [0.3, 0.4) is 0 Å². The number of methoxy groups -OCH3 is 1. The fourth-order valence-corrected chi connectivity index (χ4v) is 3.17. The van der Waals surface area contributed by atoms with Crippen molar-refractivity contribution in [3.05, 3.63) is 45.0 Å². The highest BCUT2D eigenvalue weighted by Crippen LogP contribution is 2.33. The van der Waals surface area contributed by atoms with Crippen molar-refractivity contribution in [3.8, 4) is 5.88 Å². The highest BCUT2D eigenvalue weighted by molar-refractivity contribution is 9.10. The molecule has 0 N–H and O–H groups in total. The van der Waals surface area contributed by atoms with Crippen LogP contribution < -0.4 is 9.64 Å². The van der Waals surface area contributed by atoms with Gasteiger partial charge in [0.25, 0.3) is 0 Å². The zero-order chi connectivity index (χ0) is 14.1. The summed E-state index contributed by atoms with van der Waals surface area (Å²) in [6.45, 7) is 1.57. The van der Waals surface area contributed by atoms with Gasteiger partial charge in [-0.05, 0) is 29.7 Å². The van der Waals surface area contributed by atoms with E-state index in [1.165, 1.54) is 5.56 Å².